The molecule has 0 spiro atoms. The number of aromatic nitrogens is 1. The molecule has 1 nitrogen and oxygen atoms in total. The van der Waals surface area contributed by atoms with E-state index in [0.717, 1.165) is 0 Å². The second-order valence-corrected chi connectivity index (χ2v) is 6.71. The molecule has 1 aromatic rings. The van der Waals surface area contributed by atoms with Crippen molar-refractivity contribution in [2.75, 3.05) is 0 Å². The fourth-order valence-electron chi connectivity index (χ4n) is 3.07. The molecule has 0 saturated heterocycles. The molecule has 0 N–H and O–H groups in total. The molecule has 24 heavy (non-hydrogen) atoms. The van der Waals surface area contributed by atoms with Crippen LogP contribution in [-0.4, -0.2) is 0 Å². The van der Waals surface area contributed by atoms with Gasteiger partial charge in [-0.15, -0.1) is 0 Å². The molecule has 0 amide bonds. The van der Waals surface area contributed by atoms with Crippen LogP contribution in [0.2, 0.25) is 0 Å². The molecule has 0 atom stereocenters. The van der Waals surface area contributed by atoms with Gasteiger partial charge in [-0.05, 0) is 6.42 Å². The Kier molecular flexibility index (Phi) is 24.7. The number of unbranched alkanes of at least 4 members (excludes halogenated alkanes) is 13. The van der Waals surface area contributed by atoms with Crippen molar-refractivity contribution in [1.29, 1.82) is 0 Å². The van der Waals surface area contributed by atoms with Crippen LogP contribution in [0.4, 0.5) is 0 Å². The third-order valence-corrected chi connectivity index (χ3v) is 4.55. The van der Waals surface area contributed by atoms with Crippen molar-refractivity contribution in [1.82, 2.24) is 0 Å². The van der Waals surface area contributed by atoms with Crippen LogP contribution in [0.15, 0.2) is 30.6 Å². The quantitative estimate of drug-likeness (QED) is 0.229. The number of halogens is 1. The van der Waals surface area contributed by atoms with Crippen molar-refractivity contribution < 1.29 is 58.4 Å². The van der Waals surface area contributed by atoms with E-state index in [0.29, 0.717) is 0 Å². The van der Waals surface area contributed by atoms with Crippen molar-refractivity contribution in [3.8, 4) is 0 Å². The summed E-state index contributed by atoms with van der Waals surface area (Å²) in [7, 11) is 0. The van der Waals surface area contributed by atoms with Gasteiger partial charge in [-0.2, -0.15) is 0 Å². The van der Waals surface area contributed by atoms with Crippen molar-refractivity contribution in [3.63, 3.8) is 0 Å². The van der Waals surface area contributed by atoms with Crippen LogP contribution in [0.1, 0.15) is 96.8 Å². The van der Waals surface area contributed by atoms with Crippen molar-refractivity contribution in [3.05, 3.63) is 30.6 Å². The third-order valence-electron chi connectivity index (χ3n) is 4.55. The molecule has 1 rings (SSSR count). The van der Waals surface area contributed by atoms with Gasteiger partial charge in [-0.1, -0.05) is 90.0 Å². The predicted octanol–water partition coefficient (Wildman–Crippen LogP) is 3.46. The molecule has 0 saturated carbocycles. The number of rotatable bonds is 15. The molecular weight excluding hydrogens is 521 g/mol. The molecule has 0 bridgehead atoms. The summed E-state index contributed by atoms with van der Waals surface area (Å²) >= 11 is 0. The Bertz CT molecular complexity index is 332. The van der Waals surface area contributed by atoms with Crippen LogP contribution in [0.25, 0.3) is 0 Å². The topological polar surface area (TPSA) is 3.88 Å². The van der Waals surface area contributed by atoms with Crippen LogP contribution in [0, 0.1) is 36.9 Å². The summed E-state index contributed by atoms with van der Waals surface area (Å²) in [6.07, 6.45) is 24.4. The van der Waals surface area contributed by atoms with Crippen LogP contribution in [-0.2, 0) is 6.54 Å². The van der Waals surface area contributed by atoms with E-state index in [1.807, 2.05) is 0 Å². The van der Waals surface area contributed by atoms with E-state index >= 15 is 0 Å². The maximum absolute atomic E-state index is 2.29. The minimum Gasteiger partial charge on any atom is -1.00 e. The Morgan fingerprint density at radius 1 is 0.542 bits per heavy atom. The van der Waals surface area contributed by atoms with Gasteiger partial charge in [0.15, 0.2) is 12.4 Å². The predicted molar refractivity (Wildman–Crippen MR) is 96.9 cm³/mol. The first kappa shape index (κ1) is 27.1. The first-order chi connectivity index (χ1) is 10.9. The van der Waals surface area contributed by atoms with Crippen molar-refractivity contribution in [2.45, 2.75) is 103 Å². The number of nitrogens with zero attached hydrogens (tertiary/aromatic N) is 1. The summed E-state index contributed by atoms with van der Waals surface area (Å²) in [5.41, 5.74) is 0. The molecule has 3 heteroatoms. The van der Waals surface area contributed by atoms with Crippen LogP contribution < -0.4 is 21.5 Å². The molecule has 1 heterocycles. The third kappa shape index (κ3) is 17.7. The summed E-state index contributed by atoms with van der Waals surface area (Å²) in [6, 6.07) is 6.31. The standard InChI is InChI=1S/C21H38N.BrH.Lu/c1-2-3-4-5-6-7-8-9-10-11-12-13-14-16-19-22-20-17-15-18-21-22;;/h15,17-18,20-21H,2-14,16,19H2,1H3;1H;/q+1;;/p-1. The molecule has 0 aliphatic carbocycles. The van der Waals surface area contributed by atoms with Gasteiger partial charge in [0.1, 0.15) is 6.54 Å². The summed E-state index contributed by atoms with van der Waals surface area (Å²) in [6.45, 7) is 3.47. The maximum Gasteiger partial charge on any atom is 0.168 e. The zero-order valence-electron chi connectivity index (χ0n) is 15.6. The largest absolute Gasteiger partial charge is 1.00 e. The summed E-state index contributed by atoms with van der Waals surface area (Å²) in [4.78, 5) is 0. The van der Waals surface area contributed by atoms with E-state index in [2.05, 4.69) is 42.1 Å². The summed E-state index contributed by atoms with van der Waals surface area (Å²) < 4.78 is 2.29. The molecule has 1 aromatic heterocycles. The van der Waals surface area contributed by atoms with Gasteiger partial charge in [0.2, 0.25) is 0 Å². The fraction of sp³-hybridized carbons (Fsp3) is 0.762. The van der Waals surface area contributed by atoms with E-state index in [9.17, 15) is 0 Å². The second-order valence-electron chi connectivity index (χ2n) is 6.71. The van der Waals surface area contributed by atoms with Crippen molar-refractivity contribution >= 4 is 0 Å². The average molecular weight is 559 g/mol. The normalized spacial score (nSPS) is 10.0. The van der Waals surface area contributed by atoms with E-state index < -0.39 is 0 Å². The molecule has 0 unspecified atom stereocenters. The van der Waals surface area contributed by atoms with Gasteiger partial charge in [-0.3, -0.25) is 0 Å². The maximum atomic E-state index is 2.29. The minimum atomic E-state index is 0. The fourth-order valence-corrected chi connectivity index (χ4v) is 3.07. The van der Waals surface area contributed by atoms with Gasteiger partial charge in [0, 0.05) is 55.4 Å². The summed E-state index contributed by atoms with van der Waals surface area (Å²) in [5, 5.41) is 0. The Balaban J connectivity index is 0. The molecule has 0 aliphatic rings. The molecular formula is C21H38BrLuN. The van der Waals surface area contributed by atoms with Gasteiger partial charge < -0.3 is 17.0 Å². The van der Waals surface area contributed by atoms with Crippen LogP contribution >= 0.6 is 0 Å². The zero-order chi connectivity index (χ0) is 15.7. The van der Waals surface area contributed by atoms with Crippen LogP contribution in [0.5, 0.6) is 0 Å². The number of aryl methyl sites for hydroxylation is 1. The van der Waals surface area contributed by atoms with Gasteiger partial charge >= 0.3 is 0 Å². The van der Waals surface area contributed by atoms with E-state index in [1.165, 1.54) is 96.4 Å². The zero-order valence-corrected chi connectivity index (χ0v) is 18.8. The minimum absolute atomic E-state index is 0. The first-order valence-corrected chi connectivity index (χ1v) is 9.87. The summed E-state index contributed by atoms with van der Waals surface area (Å²) in [5.74, 6) is 0. The van der Waals surface area contributed by atoms with E-state index in [1.54, 1.807) is 0 Å². The van der Waals surface area contributed by atoms with Crippen molar-refractivity contribution in [2.24, 2.45) is 0 Å². The smallest absolute Gasteiger partial charge is 0.168 e. The van der Waals surface area contributed by atoms with E-state index in [4.69, 9.17) is 0 Å². The molecule has 0 aromatic carbocycles. The first-order valence-electron chi connectivity index (χ1n) is 9.87. The second kappa shape index (κ2) is 21.9. The number of hydrogen-bond donors (Lipinski definition) is 0. The van der Waals surface area contributed by atoms with E-state index in [-0.39, 0.29) is 53.9 Å². The molecule has 1 radical (unpaired) electrons. The average Bonchev–Trinajstić information content (AvgIpc) is 2.56. The number of pyridine rings is 1. The molecule has 149 valence electrons. The van der Waals surface area contributed by atoms with Gasteiger partial charge in [0.05, 0.1) is 0 Å². The molecule has 0 fully saturated rings. The van der Waals surface area contributed by atoms with Crippen LogP contribution in [0.3, 0.4) is 0 Å². The van der Waals surface area contributed by atoms with Gasteiger partial charge in [0.25, 0.3) is 0 Å². The number of hydrogen-bond acceptors (Lipinski definition) is 0. The van der Waals surface area contributed by atoms with Gasteiger partial charge in [-0.25, -0.2) is 4.57 Å². The Morgan fingerprint density at radius 3 is 1.33 bits per heavy atom. The Hall–Kier alpha value is 0.864. The molecule has 0 aliphatic heterocycles. The Labute approximate surface area is 191 Å². The monoisotopic (exact) mass is 558 g/mol. The SMILES string of the molecule is CCCCCCCCCCCCCCCC[n+]1ccccc1.[Br-].[Lu]. The Morgan fingerprint density at radius 2 is 0.917 bits per heavy atom.